The number of carboxylic acid groups (broad SMARTS) is 1. The highest BCUT2D eigenvalue weighted by molar-refractivity contribution is 6.32. The van der Waals surface area contributed by atoms with E-state index in [4.69, 9.17) is 26.2 Å². The molecule has 2 aromatic rings. The zero-order valence-corrected chi connectivity index (χ0v) is 14.2. The third-order valence-corrected chi connectivity index (χ3v) is 3.62. The van der Waals surface area contributed by atoms with Crippen LogP contribution in [0.4, 0.5) is 0 Å². The molecular formula is C16H19ClN2O4. The van der Waals surface area contributed by atoms with Crippen molar-refractivity contribution in [3.05, 3.63) is 40.5 Å². The second-order valence-corrected chi connectivity index (χ2v) is 6.11. The average Bonchev–Trinajstić information content (AvgIpc) is 2.78. The first-order valence-electron chi connectivity index (χ1n) is 7.02. The molecule has 0 saturated heterocycles. The molecule has 1 N–H and O–H groups in total. The number of carboxylic acids is 1. The second kappa shape index (κ2) is 6.50. The van der Waals surface area contributed by atoms with Gasteiger partial charge in [-0.1, -0.05) is 17.7 Å². The number of halogens is 1. The van der Waals surface area contributed by atoms with Crippen molar-refractivity contribution >= 4 is 17.6 Å². The van der Waals surface area contributed by atoms with Gasteiger partial charge in [-0.2, -0.15) is 0 Å². The molecule has 7 heteroatoms. The fourth-order valence-corrected chi connectivity index (χ4v) is 2.25. The van der Waals surface area contributed by atoms with Crippen molar-refractivity contribution in [3.8, 4) is 11.6 Å². The number of ether oxygens (including phenoxy) is 2. The largest absolute Gasteiger partial charge is 0.495 e. The Bertz CT molecular complexity index is 725. The minimum absolute atomic E-state index is 0.303. The fourth-order valence-electron chi connectivity index (χ4n) is 1.97. The lowest BCUT2D eigenvalue weighted by Gasteiger charge is -2.20. The average molecular weight is 339 g/mol. The Morgan fingerprint density at radius 3 is 2.70 bits per heavy atom. The number of aromatic nitrogens is 2. The Morgan fingerprint density at radius 1 is 1.43 bits per heavy atom. The Morgan fingerprint density at radius 2 is 2.13 bits per heavy atom. The van der Waals surface area contributed by atoms with Gasteiger partial charge in [-0.05, 0) is 38.5 Å². The molecule has 0 unspecified atom stereocenters. The van der Waals surface area contributed by atoms with Crippen LogP contribution in [0.3, 0.4) is 0 Å². The lowest BCUT2D eigenvalue weighted by Crippen LogP contribution is -2.38. The van der Waals surface area contributed by atoms with Crippen LogP contribution < -0.4 is 9.47 Å². The van der Waals surface area contributed by atoms with Crippen molar-refractivity contribution in [2.24, 2.45) is 0 Å². The summed E-state index contributed by atoms with van der Waals surface area (Å²) in [4.78, 5) is 11.1. The van der Waals surface area contributed by atoms with Gasteiger partial charge in [0.05, 0.1) is 18.7 Å². The van der Waals surface area contributed by atoms with E-state index in [1.807, 2.05) is 13.0 Å². The van der Waals surface area contributed by atoms with E-state index in [0.717, 1.165) is 11.1 Å². The molecule has 0 spiro atoms. The highest BCUT2D eigenvalue weighted by Gasteiger charge is 2.31. The Labute approximate surface area is 139 Å². The maximum atomic E-state index is 11.1. The lowest BCUT2D eigenvalue weighted by molar-refractivity contribution is -0.152. The van der Waals surface area contributed by atoms with E-state index in [2.05, 4.69) is 5.10 Å². The maximum Gasteiger partial charge on any atom is 0.347 e. The summed E-state index contributed by atoms with van der Waals surface area (Å²) >= 11 is 6.11. The summed E-state index contributed by atoms with van der Waals surface area (Å²) in [5, 5.41) is 14.0. The molecule has 0 aliphatic rings. The lowest BCUT2D eigenvalue weighted by atomic mass is 10.1. The van der Waals surface area contributed by atoms with E-state index in [0.29, 0.717) is 23.2 Å². The summed E-state index contributed by atoms with van der Waals surface area (Å²) in [6.07, 6.45) is 1.80. The normalized spacial score (nSPS) is 11.3. The fraction of sp³-hybridized carbons (Fsp3) is 0.375. The van der Waals surface area contributed by atoms with Gasteiger partial charge in [0.1, 0.15) is 5.75 Å². The van der Waals surface area contributed by atoms with Crippen molar-refractivity contribution < 1.29 is 19.4 Å². The first kappa shape index (κ1) is 17.1. The molecule has 0 amide bonds. The van der Waals surface area contributed by atoms with Gasteiger partial charge in [-0.15, -0.1) is 5.10 Å². The molecule has 1 heterocycles. The number of nitrogens with zero attached hydrogens (tertiary/aromatic N) is 2. The molecule has 0 fully saturated rings. The molecule has 0 aliphatic heterocycles. The van der Waals surface area contributed by atoms with Crippen molar-refractivity contribution in [1.29, 1.82) is 0 Å². The highest BCUT2D eigenvalue weighted by atomic mass is 35.5. The summed E-state index contributed by atoms with van der Waals surface area (Å²) in [7, 11) is 1.56. The van der Waals surface area contributed by atoms with Gasteiger partial charge in [0.2, 0.25) is 11.5 Å². The molecule has 1 aromatic carbocycles. The predicted octanol–water partition coefficient (Wildman–Crippen LogP) is 3.14. The van der Waals surface area contributed by atoms with Crippen LogP contribution in [0.1, 0.15) is 25.0 Å². The molecule has 0 saturated carbocycles. The van der Waals surface area contributed by atoms with E-state index in [-0.39, 0.29) is 0 Å². The van der Waals surface area contributed by atoms with Crippen molar-refractivity contribution in [2.45, 2.75) is 32.9 Å². The topological polar surface area (TPSA) is 73.6 Å². The van der Waals surface area contributed by atoms with Crippen molar-refractivity contribution in [2.75, 3.05) is 7.11 Å². The number of methoxy groups -OCH3 is 1. The number of benzene rings is 1. The quantitative estimate of drug-likeness (QED) is 0.875. The molecule has 0 bridgehead atoms. The number of aryl methyl sites for hydroxylation is 1. The van der Waals surface area contributed by atoms with Crippen LogP contribution in [-0.4, -0.2) is 33.6 Å². The molecule has 0 aliphatic carbocycles. The Kier molecular flexibility index (Phi) is 4.85. The zero-order valence-electron chi connectivity index (χ0n) is 13.5. The number of carbonyl (C=O) groups is 1. The molecule has 0 atom stereocenters. The SMILES string of the molecule is COc1ccc(Cn2cc(C)c(OC(C)(C)C(=O)O)n2)cc1Cl. The van der Waals surface area contributed by atoms with Crippen molar-refractivity contribution in [3.63, 3.8) is 0 Å². The van der Waals surface area contributed by atoms with Crippen LogP contribution in [-0.2, 0) is 11.3 Å². The number of rotatable bonds is 6. The van der Waals surface area contributed by atoms with Crippen LogP contribution in [0.15, 0.2) is 24.4 Å². The van der Waals surface area contributed by atoms with Crippen LogP contribution in [0.25, 0.3) is 0 Å². The monoisotopic (exact) mass is 338 g/mol. The number of hydrogen-bond donors (Lipinski definition) is 1. The minimum Gasteiger partial charge on any atom is -0.495 e. The first-order chi connectivity index (χ1) is 10.7. The number of hydrogen-bond acceptors (Lipinski definition) is 4. The van der Waals surface area contributed by atoms with Crippen LogP contribution in [0, 0.1) is 6.92 Å². The van der Waals surface area contributed by atoms with Gasteiger partial charge in [-0.3, -0.25) is 4.68 Å². The molecule has 23 heavy (non-hydrogen) atoms. The first-order valence-corrected chi connectivity index (χ1v) is 7.39. The molecular weight excluding hydrogens is 320 g/mol. The second-order valence-electron chi connectivity index (χ2n) is 5.70. The van der Waals surface area contributed by atoms with Gasteiger partial charge in [0.15, 0.2) is 0 Å². The van der Waals surface area contributed by atoms with E-state index in [1.165, 1.54) is 13.8 Å². The minimum atomic E-state index is -1.34. The van der Waals surface area contributed by atoms with Gasteiger partial charge < -0.3 is 14.6 Å². The van der Waals surface area contributed by atoms with E-state index in [1.54, 1.807) is 30.1 Å². The molecule has 0 radical (unpaired) electrons. The number of aliphatic carboxylic acids is 1. The van der Waals surface area contributed by atoms with Gasteiger partial charge in [0, 0.05) is 11.8 Å². The van der Waals surface area contributed by atoms with Crippen LogP contribution in [0.5, 0.6) is 11.6 Å². The third kappa shape index (κ3) is 3.96. The Balaban J connectivity index is 2.18. The van der Waals surface area contributed by atoms with Gasteiger partial charge >= 0.3 is 5.97 Å². The van der Waals surface area contributed by atoms with Crippen LogP contribution >= 0.6 is 11.6 Å². The maximum absolute atomic E-state index is 11.1. The summed E-state index contributed by atoms with van der Waals surface area (Å²) in [5.74, 6) is -0.135. The summed E-state index contributed by atoms with van der Waals surface area (Å²) in [6, 6.07) is 5.49. The van der Waals surface area contributed by atoms with Crippen LogP contribution in [0.2, 0.25) is 5.02 Å². The van der Waals surface area contributed by atoms with E-state index in [9.17, 15) is 4.79 Å². The molecule has 6 nitrogen and oxygen atoms in total. The highest BCUT2D eigenvalue weighted by Crippen LogP contribution is 2.26. The van der Waals surface area contributed by atoms with E-state index >= 15 is 0 Å². The standard InChI is InChI=1S/C16H19ClN2O4/c1-10-8-19(18-14(10)23-16(2,3)15(20)21)9-11-5-6-13(22-4)12(17)7-11/h5-8H,9H2,1-4H3,(H,20,21). The summed E-state index contributed by atoms with van der Waals surface area (Å²) in [6.45, 7) is 5.27. The Hall–Kier alpha value is -2.21. The van der Waals surface area contributed by atoms with E-state index < -0.39 is 11.6 Å². The molecule has 124 valence electrons. The van der Waals surface area contributed by atoms with Crippen molar-refractivity contribution in [1.82, 2.24) is 9.78 Å². The molecule has 2 rings (SSSR count). The zero-order chi connectivity index (χ0) is 17.2. The molecule has 1 aromatic heterocycles. The third-order valence-electron chi connectivity index (χ3n) is 3.33. The van der Waals surface area contributed by atoms with Gasteiger partial charge in [0.25, 0.3) is 0 Å². The smallest absolute Gasteiger partial charge is 0.347 e. The van der Waals surface area contributed by atoms with Gasteiger partial charge in [-0.25, -0.2) is 4.79 Å². The predicted molar refractivity (Wildman–Crippen MR) is 86.4 cm³/mol. The summed E-state index contributed by atoms with van der Waals surface area (Å²) in [5.41, 5.74) is 0.370. The summed E-state index contributed by atoms with van der Waals surface area (Å²) < 4.78 is 12.3.